The lowest BCUT2D eigenvalue weighted by Crippen LogP contribution is -2.16. The molecule has 0 spiro atoms. The number of benzene rings is 7. The van der Waals surface area contributed by atoms with Crippen LogP contribution in [-0.2, 0) is 17.0 Å². The zero-order chi connectivity index (χ0) is 40.7. The lowest BCUT2D eigenvalue weighted by atomic mass is 9.86. The van der Waals surface area contributed by atoms with Crippen molar-refractivity contribution in [2.75, 3.05) is 0 Å². The first-order valence-electron chi connectivity index (χ1n) is 19.6. The third kappa shape index (κ3) is 6.14. The van der Waals surface area contributed by atoms with Crippen LogP contribution in [0.2, 0.25) is 0 Å². The molecule has 0 aliphatic heterocycles. The molecule has 0 aliphatic rings. The Balaban J connectivity index is 1.44. The molecule has 286 valence electrons. The van der Waals surface area contributed by atoms with Crippen molar-refractivity contribution < 1.29 is 13.2 Å². The van der Waals surface area contributed by atoms with E-state index < -0.39 is 11.7 Å². The average Bonchev–Trinajstić information content (AvgIpc) is 3.71. The van der Waals surface area contributed by atoms with Crippen LogP contribution >= 0.6 is 0 Å². The Morgan fingerprint density at radius 3 is 1.21 bits per heavy atom. The largest absolute Gasteiger partial charge is 0.420 e. The van der Waals surface area contributed by atoms with E-state index in [2.05, 4.69) is 59.7 Å². The molecule has 0 radical (unpaired) electrons. The van der Waals surface area contributed by atoms with Gasteiger partial charge >= 0.3 is 6.18 Å². The summed E-state index contributed by atoms with van der Waals surface area (Å²) in [6.07, 6.45) is -4.82. The van der Waals surface area contributed by atoms with Gasteiger partial charge in [-0.05, 0) is 92.7 Å². The molecule has 9 rings (SSSR count). The van der Waals surface area contributed by atoms with Crippen molar-refractivity contribution in [2.24, 2.45) is 0 Å². The van der Waals surface area contributed by atoms with Crippen molar-refractivity contribution >= 4 is 43.6 Å². The van der Waals surface area contributed by atoms with Gasteiger partial charge in [0.25, 0.3) is 0 Å². The monoisotopic (exact) mass is 765 g/mol. The summed E-state index contributed by atoms with van der Waals surface area (Å²) in [5, 5.41) is 14.0. The second-order valence-corrected chi connectivity index (χ2v) is 17.3. The highest BCUT2D eigenvalue weighted by molar-refractivity contribution is 6.12. The Labute approximate surface area is 336 Å². The van der Waals surface area contributed by atoms with Crippen molar-refractivity contribution in [1.29, 1.82) is 5.26 Å². The minimum atomic E-state index is -4.82. The molecule has 0 bridgehead atoms. The number of halogens is 3. The van der Waals surface area contributed by atoms with E-state index in [0.29, 0.717) is 22.1 Å². The van der Waals surface area contributed by atoms with Crippen molar-refractivity contribution in [3.63, 3.8) is 0 Å². The van der Waals surface area contributed by atoms with Gasteiger partial charge in [0, 0.05) is 21.5 Å². The molecule has 0 atom stereocenters. The van der Waals surface area contributed by atoms with Gasteiger partial charge in [-0.15, -0.1) is 0 Å². The number of rotatable bonds is 4. The van der Waals surface area contributed by atoms with E-state index in [0.717, 1.165) is 54.9 Å². The van der Waals surface area contributed by atoms with Crippen LogP contribution in [0.4, 0.5) is 13.2 Å². The normalized spacial score (nSPS) is 12.6. The van der Waals surface area contributed by atoms with Gasteiger partial charge in [0.15, 0.2) is 0 Å². The molecule has 0 fully saturated rings. The summed E-state index contributed by atoms with van der Waals surface area (Å²) >= 11 is 0. The molecule has 2 aromatic heterocycles. The SMILES string of the molecule is CC(C)(C)c1ccc2c(c1)c1ccc(-c3ccccc3)cc1n2-c1cc(C#N)cc(-n2c3ccc(C(C)(C)C)cc3c3ccc(-c4ccccc4)cc32)c1C(F)(F)F. The Morgan fingerprint density at radius 2 is 0.845 bits per heavy atom. The molecule has 7 aromatic carbocycles. The number of aromatic nitrogens is 2. The zero-order valence-electron chi connectivity index (χ0n) is 33.3. The zero-order valence-corrected chi connectivity index (χ0v) is 33.3. The number of fused-ring (bicyclic) bond motifs is 6. The molecule has 6 heteroatoms. The lowest BCUT2D eigenvalue weighted by molar-refractivity contribution is -0.137. The predicted octanol–water partition coefficient (Wildman–Crippen LogP) is 14.7. The minimum absolute atomic E-state index is 0.101. The molecule has 0 saturated heterocycles. The number of hydrogen-bond donors (Lipinski definition) is 0. The summed E-state index contributed by atoms with van der Waals surface area (Å²) in [6.45, 7) is 12.8. The summed E-state index contributed by atoms with van der Waals surface area (Å²) in [7, 11) is 0. The van der Waals surface area contributed by atoms with Crippen LogP contribution in [0.1, 0.15) is 63.8 Å². The Kier molecular flexibility index (Phi) is 8.46. The van der Waals surface area contributed by atoms with E-state index >= 15 is 13.2 Å². The smallest absolute Gasteiger partial charge is 0.308 e. The van der Waals surface area contributed by atoms with Crippen molar-refractivity contribution in [3.8, 4) is 39.7 Å². The van der Waals surface area contributed by atoms with Crippen LogP contribution in [0, 0.1) is 11.3 Å². The van der Waals surface area contributed by atoms with Gasteiger partial charge in [0.05, 0.1) is 45.1 Å². The summed E-state index contributed by atoms with van der Waals surface area (Å²) in [6, 6.07) is 48.8. The lowest BCUT2D eigenvalue weighted by Gasteiger charge is -2.23. The second-order valence-electron chi connectivity index (χ2n) is 17.3. The molecule has 2 heterocycles. The van der Waals surface area contributed by atoms with E-state index in [1.165, 1.54) is 12.1 Å². The fourth-order valence-electron chi connectivity index (χ4n) is 8.43. The minimum Gasteiger partial charge on any atom is -0.308 e. The van der Waals surface area contributed by atoms with Crippen molar-refractivity contribution in [1.82, 2.24) is 9.13 Å². The van der Waals surface area contributed by atoms with Crippen molar-refractivity contribution in [3.05, 3.63) is 168 Å². The molecular formula is C52H42F3N3. The average molecular weight is 766 g/mol. The van der Waals surface area contributed by atoms with Crippen LogP contribution < -0.4 is 0 Å². The molecule has 0 aliphatic carbocycles. The number of nitrogens with zero attached hydrogens (tertiary/aromatic N) is 3. The van der Waals surface area contributed by atoms with Gasteiger partial charge in [-0.25, -0.2) is 0 Å². The van der Waals surface area contributed by atoms with E-state index in [4.69, 9.17) is 0 Å². The van der Waals surface area contributed by atoms with Crippen molar-refractivity contribution in [2.45, 2.75) is 58.5 Å². The summed E-state index contributed by atoms with van der Waals surface area (Å²) in [5.41, 5.74) is 7.02. The second kappa shape index (κ2) is 13.2. The molecule has 0 unspecified atom stereocenters. The van der Waals surface area contributed by atoms with Gasteiger partial charge < -0.3 is 9.13 Å². The van der Waals surface area contributed by atoms with E-state index in [-0.39, 0.29) is 27.8 Å². The van der Waals surface area contributed by atoms with Gasteiger partial charge in [-0.3, -0.25) is 0 Å². The Bertz CT molecular complexity index is 2910. The fourth-order valence-corrected chi connectivity index (χ4v) is 8.43. The summed E-state index contributed by atoms with van der Waals surface area (Å²) in [4.78, 5) is 0. The van der Waals surface area contributed by atoms with Gasteiger partial charge in [0.2, 0.25) is 0 Å². The van der Waals surface area contributed by atoms with E-state index in [1.807, 2.05) is 121 Å². The van der Waals surface area contributed by atoms with E-state index in [9.17, 15) is 5.26 Å². The third-order valence-corrected chi connectivity index (χ3v) is 11.5. The molecular weight excluding hydrogens is 724 g/mol. The number of nitriles is 1. The van der Waals surface area contributed by atoms with Crippen LogP contribution in [0.3, 0.4) is 0 Å². The maximum atomic E-state index is 16.3. The topological polar surface area (TPSA) is 33.6 Å². The van der Waals surface area contributed by atoms with Crippen LogP contribution in [0.5, 0.6) is 0 Å². The standard InChI is InChI=1S/C52H42F3N3/c1-50(2,3)37-19-23-43-41(29-37)39-21-17-35(33-13-9-7-10-14-33)27-45(39)57(43)47-25-32(31-56)26-48(49(47)52(53,54)55)58-44-24-20-38(51(4,5)6)30-42(44)40-22-18-36(28-46(40)58)34-15-11-8-12-16-34/h7-30H,1-6H3. The highest BCUT2D eigenvalue weighted by atomic mass is 19.4. The molecule has 3 nitrogen and oxygen atoms in total. The Morgan fingerprint density at radius 1 is 0.431 bits per heavy atom. The first kappa shape index (κ1) is 37.0. The van der Waals surface area contributed by atoms with Crippen LogP contribution in [0.25, 0.3) is 77.2 Å². The maximum Gasteiger partial charge on any atom is 0.420 e. The Hall–Kier alpha value is -6.58. The molecule has 0 saturated carbocycles. The third-order valence-electron chi connectivity index (χ3n) is 11.5. The van der Waals surface area contributed by atoms with Gasteiger partial charge in [-0.1, -0.05) is 139 Å². The first-order chi connectivity index (χ1) is 27.6. The molecule has 9 aromatic rings. The van der Waals surface area contributed by atoms with Crippen LogP contribution in [0.15, 0.2) is 146 Å². The first-order valence-corrected chi connectivity index (χ1v) is 19.6. The predicted molar refractivity (Wildman–Crippen MR) is 233 cm³/mol. The van der Waals surface area contributed by atoms with E-state index in [1.54, 1.807) is 9.13 Å². The fraction of sp³-hybridized carbons (Fsp3) is 0.173. The van der Waals surface area contributed by atoms with Gasteiger partial charge in [-0.2, -0.15) is 18.4 Å². The number of alkyl halides is 3. The number of hydrogen-bond acceptors (Lipinski definition) is 1. The molecule has 0 amide bonds. The summed E-state index contributed by atoms with van der Waals surface area (Å²) in [5.74, 6) is 0. The maximum absolute atomic E-state index is 16.3. The van der Waals surface area contributed by atoms with Crippen LogP contribution in [-0.4, -0.2) is 9.13 Å². The molecule has 58 heavy (non-hydrogen) atoms. The highest BCUT2D eigenvalue weighted by Gasteiger charge is 2.40. The highest BCUT2D eigenvalue weighted by Crippen LogP contribution is 2.46. The summed E-state index contributed by atoms with van der Waals surface area (Å²) < 4.78 is 52.5. The van der Waals surface area contributed by atoms with Gasteiger partial charge in [0.1, 0.15) is 5.56 Å². The quantitative estimate of drug-likeness (QED) is 0.176. The molecule has 0 N–H and O–H groups in total.